The number of ether oxygens (including phenoxy) is 2. The Hall–Kier alpha value is -1.29. The van der Waals surface area contributed by atoms with Crippen LogP contribution in [-0.2, 0) is 6.54 Å². The Balaban J connectivity index is 1.60. The Morgan fingerprint density at radius 3 is 2.36 bits per heavy atom. The van der Waals surface area contributed by atoms with E-state index in [2.05, 4.69) is 71.4 Å². The lowest BCUT2D eigenvalue weighted by Gasteiger charge is -2.36. The standard InChI is InChI=1S/C19H24BrN2O2P/c1-23-17-12-15(4-5-16(17)20)22-9-7-21(8-10-22)13-14-3-6-19(25)18(11-14)24-2/h3-6,11-12H,7-10,13,25H2,1-2H3. The molecule has 3 rings (SSSR count). The molecule has 1 atom stereocenters. The van der Waals surface area contributed by atoms with Crippen molar-refractivity contribution in [1.82, 2.24) is 4.90 Å². The summed E-state index contributed by atoms with van der Waals surface area (Å²) in [5, 5.41) is 1.10. The molecule has 6 heteroatoms. The van der Waals surface area contributed by atoms with E-state index in [0.29, 0.717) is 0 Å². The fourth-order valence-corrected chi connectivity index (χ4v) is 3.83. The average molecular weight is 423 g/mol. The zero-order valence-corrected chi connectivity index (χ0v) is 17.4. The van der Waals surface area contributed by atoms with Gasteiger partial charge in [-0.15, -0.1) is 9.24 Å². The molecule has 0 radical (unpaired) electrons. The highest BCUT2D eigenvalue weighted by Crippen LogP contribution is 2.30. The molecule has 1 saturated heterocycles. The van der Waals surface area contributed by atoms with Gasteiger partial charge in [0.15, 0.2) is 0 Å². The van der Waals surface area contributed by atoms with Gasteiger partial charge in [0.05, 0.1) is 18.7 Å². The number of piperazine rings is 1. The van der Waals surface area contributed by atoms with Crippen LogP contribution in [-0.4, -0.2) is 45.3 Å². The molecule has 0 aromatic heterocycles. The Labute approximate surface area is 160 Å². The summed E-state index contributed by atoms with van der Waals surface area (Å²) in [6.07, 6.45) is 0. The molecule has 1 fully saturated rings. The van der Waals surface area contributed by atoms with E-state index in [1.54, 1.807) is 14.2 Å². The van der Waals surface area contributed by atoms with Crippen molar-refractivity contribution in [2.24, 2.45) is 0 Å². The van der Waals surface area contributed by atoms with Gasteiger partial charge in [-0.05, 0) is 39.7 Å². The second-order valence-electron chi connectivity index (χ2n) is 6.16. The van der Waals surface area contributed by atoms with Crippen molar-refractivity contribution in [2.75, 3.05) is 45.3 Å². The summed E-state index contributed by atoms with van der Waals surface area (Å²) >= 11 is 3.51. The fraction of sp³-hybridized carbons (Fsp3) is 0.368. The minimum absolute atomic E-state index is 0.879. The van der Waals surface area contributed by atoms with Crippen LogP contribution in [0.3, 0.4) is 0 Å². The molecular formula is C19H24BrN2O2P. The first-order valence-corrected chi connectivity index (χ1v) is 9.71. The lowest BCUT2D eigenvalue weighted by molar-refractivity contribution is 0.249. The number of anilines is 1. The van der Waals surface area contributed by atoms with Gasteiger partial charge in [0.2, 0.25) is 0 Å². The van der Waals surface area contributed by atoms with Crippen molar-refractivity contribution in [1.29, 1.82) is 0 Å². The highest BCUT2D eigenvalue weighted by molar-refractivity contribution is 9.10. The fourth-order valence-electron chi connectivity index (χ4n) is 3.12. The highest BCUT2D eigenvalue weighted by Gasteiger charge is 2.18. The van der Waals surface area contributed by atoms with Crippen molar-refractivity contribution < 1.29 is 9.47 Å². The van der Waals surface area contributed by atoms with Crippen LogP contribution < -0.4 is 19.7 Å². The van der Waals surface area contributed by atoms with Crippen molar-refractivity contribution in [3.05, 3.63) is 46.4 Å². The SMILES string of the molecule is COc1cc(CN2CCN(c3ccc(Br)c(OC)c3)CC2)ccc1P. The van der Waals surface area contributed by atoms with Gasteiger partial charge in [-0.2, -0.15) is 0 Å². The molecule has 0 saturated carbocycles. The van der Waals surface area contributed by atoms with E-state index in [-0.39, 0.29) is 0 Å². The van der Waals surface area contributed by atoms with Gasteiger partial charge in [-0.1, -0.05) is 12.1 Å². The third-order valence-electron chi connectivity index (χ3n) is 4.58. The number of hydrogen-bond donors (Lipinski definition) is 0. The largest absolute Gasteiger partial charge is 0.496 e. The number of methoxy groups -OCH3 is 2. The third-order valence-corrected chi connectivity index (χ3v) is 5.71. The highest BCUT2D eigenvalue weighted by atomic mass is 79.9. The Bertz CT molecular complexity index is 733. The van der Waals surface area contributed by atoms with E-state index in [1.165, 1.54) is 11.3 Å². The summed E-state index contributed by atoms with van der Waals surface area (Å²) < 4.78 is 11.8. The predicted octanol–water partition coefficient (Wildman–Crippen LogP) is 3.29. The van der Waals surface area contributed by atoms with Crippen molar-refractivity contribution in [3.63, 3.8) is 0 Å². The Morgan fingerprint density at radius 2 is 1.68 bits per heavy atom. The summed E-state index contributed by atoms with van der Waals surface area (Å²) in [5.41, 5.74) is 2.51. The van der Waals surface area contributed by atoms with E-state index < -0.39 is 0 Å². The molecule has 0 bridgehead atoms. The van der Waals surface area contributed by atoms with Gasteiger partial charge < -0.3 is 14.4 Å². The van der Waals surface area contributed by atoms with Crippen molar-refractivity contribution >= 4 is 36.2 Å². The second-order valence-corrected chi connectivity index (χ2v) is 7.63. The predicted molar refractivity (Wildman–Crippen MR) is 111 cm³/mol. The van der Waals surface area contributed by atoms with Crippen LogP contribution in [0.25, 0.3) is 0 Å². The molecule has 2 aromatic carbocycles. The van der Waals surface area contributed by atoms with Gasteiger partial charge >= 0.3 is 0 Å². The Morgan fingerprint density at radius 1 is 0.960 bits per heavy atom. The first-order valence-electron chi connectivity index (χ1n) is 8.34. The minimum atomic E-state index is 0.879. The number of halogens is 1. The van der Waals surface area contributed by atoms with Gasteiger partial charge in [0, 0.05) is 49.8 Å². The van der Waals surface area contributed by atoms with Crippen LogP contribution in [0.1, 0.15) is 5.56 Å². The summed E-state index contributed by atoms with van der Waals surface area (Å²) in [5.74, 6) is 1.81. The van der Waals surface area contributed by atoms with Crippen LogP contribution in [0.4, 0.5) is 5.69 Å². The quantitative estimate of drug-likeness (QED) is 0.690. The smallest absolute Gasteiger partial charge is 0.135 e. The van der Waals surface area contributed by atoms with Crippen LogP contribution in [0, 0.1) is 0 Å². The molecule has 4 nitrogen and oxygen atoms in total. The maximum atomic E-state index is 5.42. The van der Waals surface area contributed by atoms with E-state index in [4.69, 9.17) is 9.47 Å². The van der Waals surface area contributed by atoms with Crippen molar-refractivity contribution in [2.45, 2.75) is 6.54 Å². The summed E-state index contributed by atoms with van der Waals surface area (Å²) in [6, 6.07) is 12.7. The molecule has 1 unspecified atom stereocenters. The number of nitrogens with zero attached hydrogens (tertiary/aromatic N) is 2. The van der Waals surface area contributed by atoms with Crippen LogP contribution >= 0.6 is 25.2 Å². The molecule has 2 aromatic rings. The number of benzene rings is 2. The average Bonchev–Trinajstić information content (AvgIpc) is 2.64. The van der Waals surface area contributed by atoms with Crippen LogP contribution in [0.15, 0.2) is 40.9 Å². The maximum absolute atomic E-state index is 5.42. The molecule has 1 aliphatic heterocycles. The maximum Gasteiger partial charge on any atom is 0.135 e. The van der Waals surface area contributed by atoms with Crippen molar-refractivity contribution in [3.8, 4) is 11.5 Å². The first-order chi connectivity index (χ1) is 12.1. The molecule has 25 heavy (non-hydrogen) atoms. The van der Waals surface area contributed by atoms with Gasteiger partial charge in [-0.25, -0.2) is 0 Å². The first kappa shape index (κ1) is 18.5. The molecule has 1 heterocycles. The molecule has 0 amide bonds. The molecule has 134 valence electrons. The molecular weight excluding hydrogens is 399 g/mol. The van der Waals surface area contributed by atoms with E-state index in [9.17, 15) is 0 Å². The molecule has 0 spiro atoms. The van der Waals surface area contributed by atoms with E-state index in [0.717, 1.165) is 54.0 Å². The minimum Gasteiger partial charge on any atom is -0.496 e. The molecule has 0 N–H and O–H groups in total. The molecule has 0 aliphatic carbocycles. The zero-order valence-electron chi connectivity index (χ0n) is 14.7. The van der Waals surface area contributed by atoms with Gasteiger partial charge in [0.1, 0.15) is 11.5 Å². The second kappa shape index (κ2) is 8.39. The lowest BCUT2D eigenvalue weighted by atomic mass is 10.1. The zero-order chi connectivity index (χ0) is 17.8. The monoisotopic (exact) mass is 422 g/mol. The van der Waals surface area contributed by atoms with E-state index in [1.807, 2.05) is 0 Å². The topological polar surface area (TPSA) is 24.9 Å². The summed E-state index contributed by atoms with van der Waals surface area (Å²) in [6.45, 7) is 5.08. The lowest BCUT2D eigenvalue weighted by Crippen LogP contribution is -2.46. The van der Waals surface area contributed by atoms with Gasteiger partial charge in [-0.3, -0.25) is 4.90 Å². The molecule has 1 aliphatic rings. The normalized spacial score (nSPS) is 15.3. The number of rotatable bonds is 5. The van der Waals surface area contributed by atoms with Crippen LogP contribution in [0.2, 0.25) is 0 Å². The third kappa shape index (κ3) is 4.46. The Kier molecular flexibility index (Phi) is 6.21. The van der Waals surface area contributed by atoms with Gasteiger partial charge in [0.25, 0.3) is 0 Å². The van der Waals surface area contributed by atoms with Crippen LogP contribution in [0.5, 0.6) is 11.5 Å². The number of hydrogen-bond acceptors (Lipinski definition) is 4. The van der Waals surface area contributed by atoms with E-state index >= 15 is 0 Å². The summed E-state index contributed by atoms with van der Waals surface area (Å²) in [7, 11) is 6.14. The summed E-state index contributed by atoms with van der Waals surface area (Å²) in [4.78, 5) is 4.90.